The molecule has 1 rings (SSSR count). The summed E-state index contributed by atoms with van der Waals surface area (Å²) in [6, 6.07) is 0.154. The highest BCUT2D eigenvalue weighted by Crippen LogP contribution is 2.25. The van der Waals surface area contributed by atoms with Gasteiger partial charge in [0.1, 0.15) is 0 Å². The second kappa shape index (κ2) is 6.98. The van der Waals surface area contributed by atoms with Crippen molar-refractivity contribution in [1.29, 1.82) is 0 Å². The van der Waals surface area contributed by atoms with E-state index in [9.17, 15) is 9.90 Å². The van der Waals surface area contributed by atoms with Crippen molar-refractivity contribution in [1.82, 2.24) is 15.7 Å². The SMILES string of the molecule is CC[C@H](C)N(C)C(C)(C)C(=O)NC1=CC(C(C)(C)CO)NO1. The van der Waals surface area contributed by atoms with Gasteiger partial charge in [0.05, 0.1) is 18.2 Å². The second-order valence-electron chi connectivity index (χ2n) is 7.26. The van der Waals surface area contributed by atoms with Crippen LogP contribution in [0.25, 0.3) is 0 Å². The lowest BCUT2D eigenvalue weighted by Crippen LogP contribution is -2.55. The largest absolute Gasteiger partial charge is 0.396 e. The molecule has 6 nitrogen and oxygen atoms in total. The molecule has 2 atom stereocenters. The average Bonchev–Trinajstić information content (AvgIpc) is 2.94. The van der Waals surface area contributed by atoms with Crippen LogP contribution in [-0.2, 0) is 9.63 Å². The van der Waals surface area contributed by atoms with Gasteiger partial charge in [-0.05, 0) is 40.3 Å². The molecule has 3 N–H and O–H groups in total. The van der Waals surface area contributed by atoms with Crippen molar-refractivity contribution in [3.8, 4) is 0 Å². The number of hydroxylamine groups is 1. The molecule has 22 heavy (non-hydrogen) atoms. The predicted molar refractivity (Wildman–Crippen MR) is 86.7 cm³/mol. The molecule has 0 fully saturated rings. The Hall–Kier alpha value is -1.11. The second-order valence-corrected chi connectivity index (χ2v) is 7.26. The smallest absolute Gasteiger partial charge is 0.246 e. The number of aliphatic hydroxyl groups excluding tert-OH is 1. The van der Waals surface area contributed by atoms with Crippen molar-refractivity contribution in [3.63, 3.8) is 0 Å². The summed E-state index contributed by atoms with van der Waals surface area (Å²) in [6.45, 7) is 11.9. The Morgan fingerprint density at radius 1 is 1.50 bits per heavy atom. The Bertz CT molecular complexity index is 432. The summed E-state index contributed by atoms with van der Waals surface area (Å²) in [5.41, 5.74) is 1.82. The summed E-state index contributed by atoms with van der Waals surface area (Å²) in [6.07, 6.45) is 2.77. The summed E-state index contributed by atoms with van der Waals surface area (Å²) in [5, 5.41) is 12.2. The number of likely N-dealkylation sites (N-methyl/N-ethyl adjacent to an activating group) is 1. The summed E-state index contributed by atoms with van der Waals surface area (Å²) >= 11 is 0. The Balaban J connectivity index is 2.75. The highest BCUT2D eigenvalue weighted by atomic mass is 16.7. The first-order chi connectivity index (χ1) is 10.1. The van der Waals surface area contributed by atoms with Crippen LogP contribution in [0.3, 0.4) is 0 Å². The topological polar surface area (TPSA) is 73.8 Å². The van der Waals surface area contributed by atoms with E-state index < -0.39 is 5.54 Å². The predicted octanol–water partition coefficient (Wildman–Crippen LogP) is 1.37. The number of hydrogen-bond acceptors (Lipinski definition) is 5. The third-order valence-corrected chi connectivity index (χ3v) is 4.79. The van der Waals surface area contributed by atoms with Crippen LogP contribution in [-0.4, -0.2) is 47.2 Å². The van der Waals surface area contributed by atoms with Crippen molar-refractivity contribution >= 4 is 5.91 Å². The molecule has 0 spiro atoms. The van der Waals surface area contributed by atoms with Crippen LogP contribution in [0.4, 0.5) is 0 Å². The number of nitrogens with one attached hydrogen (secondary N) is 2. The first kappa shape index (κ1) is 18.9. The molecule has 1 aliphatic heterocycles. The minimum absolute atomic E-state index is 0.0218. The molecule has 0 aliphatic carbocycles. The molecule has 1 amide bonds. The van der Waals surface area contributed by atoms with E-state index in [-0.39, 0.29) is 24.0 Å². The van der Waals surface area contributed by atoms with Crippen LogP contribution in [0.2, 0.25) is 0 Å². The molecule has 0 bridgehead atoms. The molecule has 0 saturated heterocycles. The Morgan fingerprint density at radius 2 is 2.09 bits per heavy atom. The normalized spacial score (nSPS) is 20.6. The fourth-order valence-electron chi connectivity index (χ4n) is 2.15. The highest BCUT2D eigenvalue weighted by Gasteiger charge is 2.37. The molecular weight excluding hydrogens is 282 g/mol. The van der Waals surface area contributed by atoms with Gasteiger partial charge in [-0.15, -0.1) is 5.48 Å². The van der Waals surface area contributed by atoms with E-state index in [4.69, 9.17) is 4.84 Å². The lowest BCUT2D eigenvalue weighted by molar-refractivity contribution is -0.132. The third-order valence-electron chi connectivity index (χ3n) is 4.79. The van der Waals surface area contributed by atoms with Crippen LogP contribution in [0.1, 0.15) is 48.0 Å². The van der Waals surface area contributed by atoms with E-state index in [1.54, 1.807) is 6.08 Å². The fraction of sp³-hybridized carbons (Fsp3) is 0.812. The molecule has 0 aromatic carbocycles. The van der Waals surface area contributed by atoms with Gasteiger partial charge in [-0.3, -0.25) is 15.0 Å². The Labute approximate surface area is 133 Å². The van der Waals surface area contributed by atoms with Crippen molar-refractivity contribution < 1.29 is 14.7 Å². The zero-order valence-corrected chi connectivity index (χ0v) is 14.9. The van der Waals surface area contributed by atoms with E-state index in [1.165, 1.54) is 0 Å². The molecular formula is C16H31N3O3. The molecule has 1 heterocycles. The molecule has 1 unspecified atom stereocenters. The summed E-state index contributed by atoms with van der Waals surface area (Å²) < 4.78 is 0. The number of nitrogens with zero attached hydrogens (tertiary/aromatic N) is 1. The number of hydrogen-bond donors (Lipinski definition) is 3. The first-order valence-electron chi connectivity index (χ1n) is 7.85. The maximum absolute atomic E-state index is 12.6. The van der Waals surface area contributed by atoms with Crippen LogP contribution in [0, 0.1) is 5.41 Å². The minimum Gasteiger partial charge on any atom is -0.396 e. The molecule has 0 aromatic rings. The molecule has 0 radical (unpaired) electrons. The van der Waals surface area contributed by atoms with E-state index in [0.717, 1.165) is 6.42 Å². The number of amides is 1. The van der Waals surface area contributed by atoms with Gasteiger partial charge in [0, 0.05) is 11.5 Å². The van der Waals surface area contributed by atoms with Gasteiger partial charge < -0.3 is 9.94 Å². The van der Waals surface area contributed by atoms with Crippen LogP contribution in [0.5, 0.6) is 0 Å². The van der Waals surface area contributed by atoms with E-state index >= 15 is 0 Å². The standard InChI is InChI=1S/C16H31N3O3/c1-8-11(2)19(7)16(5,6)14(21)17-13-9-12(18-22-13)15(3,4)10-20/h9,11-12,18,20H,8,10H2,1-7H3,(H,17,21)/t11-,12?/m0/s1. The Morgan fingerprint density at radius 3 is 2.59 bits per heavy atom. The van der Waals surface area contributed by atoms with E-state index in [0.29, 0.717) is 11.9 Å². The van der Waals surface area contributed by atoms with E-state index in [1.807, 2.05) is 34.7 Å². The molecule has 128 valence electrons. The molecule has 0 saturated carbocycles. The number of aliphatic hydroxyl groups is 1. The lowest BCUT2D eigenvalue weighted by Gasteiger charge is -2.38. The van der Waals surface area contributed by atoms with Gasteiger partial charge >= 0.3 is 0 Å². The number of carbonyl (C=O) groups excluding carboxylic acids is 1. The quantitative estimate of drug-likeness (QED) is 0.662. The van der Waals surface area contributed by atoms with Crippen molar-refractivity contribution in [2.24, 2.45) is 5.41 Å². The van der Waals surface area contributed by atoms with Crippen molar-refractivity contribution in [3.05, 3.63) is 12.0 Å². The average molecular weight is 313 g/mol. The molecule has 1 aliphatic rings. The maximum Gasteiger partial charge on any atom is 0.246 e. The van der Waals surface area contributed by atoms with Gasteiger partial charge in [-0.1, -0.05) is 20.8 Å². The van der Waals surface area contributed by atoms with Crippen molar-refractivity contribution in [2.75, 3.05) is 13.7 Å². The van der Waals surface area contributed by atoms with E-state index in [2.05, 4.69) is 29.5 Å². The van der Waals surface area contributed by atoms with Crippen LogP contribution < -0.4 is 10.8 Å². The van der Waals surface area contributed by atoms with Gasteiger partial charge in [-0.25, -0.2) is 0 Å². The molecule has 0 aromatic heterocycles. The van der Waals surface area contributed by atoms with Crippen LogP contribution >= 0.6 is 0 Å². The van der Waals surface area contributed by atoms with Crippen molar-refractivity contribution in [2.45, 2.75) is 65.6 Å². The van der Waals surface area contributed by atoms with Gasteiger partial charge in [0.15, 0.2) is 0 Å². The minimum atomic E-state index is -0.649. The third kappa shape index (κ3) is 4.00. The molecule has 6 heteroatoms. The van der Waals surface area contributed by atoms with Gasteiger partial charge in [0.25, 0.3) is 0 Å². The zero-order chi connectivity index (χ0) is 17.1. The lowest BCUT2D eigenvalue weighted by atomic mass is 9.86. The zero-order valence-electron chi connectivity index (χ0n) is 14.9. The monoisotopic (exact) mass is 313 g/mol. The summed E-state index contributed by atoms with van der Waals surface area (Å²) in [5.74, 6) is 0.271. The van der Waals surface area contributed by atoms with Crippen LogP contribution in [0.15, 0.2) is 12.0 Å². The maximum atomic E-state index is 12.6. The number of rotatable bonds is 7. The number of carbonyl (C=O) groups is 1. The Kier molecular flexibility index (Phi) is 6.01. The van der Waals surface area contributed by atoms with Gasteiger partial charge in [-0.2, -0.15) is 0 Å². The summed E-state index contributed by atoms with van der Waals surface area (Å²) in [4.78, 5) is 19.9. The highest BCUT2D eigenvalue weighted by molar-refractivity contribution is 5.86. The van der Waals surface area contributed by atoms with Gasteiger partial charge in [0.2, 0.25) is 11.8 Å². The fourth-order valence-corrected chi connectivity index (χ4v) is 2.15. The first-order valence-corrected chi connectivity index (χ1v) is 7.85. The summed E-state index contributed by atoms with van der Waals surface area (Å²) in [7, 11) is 1.95.